The molecule has 2 rings (SSSR count). The Bertz CT molecular complexity index is 1220. The van der Waals surface area contributed by atoms with Gasteiger partial charge in [0.2, 0.25) is 0 Å². The molecule has 4 unspecified atom stereocenters. The molecular formula is C26H35N3O17. The molecule has 0 bridgehead atoms. The van der Waals surface area contributed by atoms with Crippen LogP contribution in [0.25, 0.3) is 10.4 Å². The Morgan fingerprint density at radius 3 is 1.37 bits per heavy atom. The molecule has 0 N–H and O–H groups in total. The highest BCUT2D eigenvalue weighted by Gasteiger charge is 2.57. The van der Waals surface area contributed by atoms with Gasteiger partial charge in [0.15, 0.2) is 43.0 Å². The molecule has 0 amide bonds. The van der Waals surface area contributed by atoms with E-state index in [-0.39, 0.29) is 0 Å². The molecule has 0 saturated carbocycles. The van der Waals surface area contributed by atoms with E-state index in [1.165, 1.54) is 0 Å². The van der Waals surface area contributed by atoms with Gasteiger partial charge in [-0.15, -0.1) is 0 Å². The van der Waals surface area contributed by atoms with Crippen molar-refractivity contribution in [1.82, 2.24) is 0 Å². The van der Waals surface area contributed by atoms with Gasteiger partial charge in [-0.1, -0.05) is 5.11 Å². The van der Waals surface area contributed by atoms with E-state index in [0.29, 0.717) is 0 Å². The van der Waals surface area contributed by atoms with Crippen LogP contribution in [0, 0.1) is 0 Å². The van der Waals surface area contributed by atoms with Crippen LogP contribution in [0.4, 0.5) is 0 Å². The molecular weight excluding hydrogens is 626 g/mol. The number of carbonyl (C=O) groups excluding carboxylic acids is 7. The van der Waals surface area contributed by atoms with E-state index in [4.69, 9.17) is 52.9 Å². The van der Waals surface area contributed by atoms with Gasteiger partial charge in [-0.3, -0.25) is 33.6 Å². The monoisotopic (exact) mass is 661 g/mol. The molecule has 0 spiro atoms. The lowest BCUT2D eigenvalue weighted by atomic mass is 9.95. The molecule has 0 aromatic rings. The van der Waals surface area contributed by atoms with Gasteiger partial charge in [-0.25, -0.2) is 0 Å². The molecule has 2 saturated heterocycles. The summed E-state index contributed by atoms with van der Waals surface area (Å²) < 4.78 is 54.8. The van der Waals surface area contributed by atoms with Crippen LogP contribution in [0.3, 0.4) is 0 Å². The maximum absolute atomic E-state index is 12.2. The average molecular weight is 662 g/mol. The van der Waals surface area contributed by atoms with E-state index in [2.05, 4.69) is 10.0 Å². The lowest BCUT2D eigenvalue weighted by molar-refractivity contribution is -0.344. The Kier molecular flexibility index (Phi) is 14.1. The Morgan fingerprint density at radius 2 is 0.935 bits per heavy atom. The SMILES string of the molecule is CC(=O)OCC1O[C@@H](O[C@H]2C(COC(C)=O)O[C@@H](N=[N+]=[N-])C(OC(C)=O)[C@@H]2OC(C)=O)C(OC(C)=O)[C@@H](OC(C)=O)[C@H]1OC(C)=O. The third-order valence-electron chi connectivity index (χ3n) is 6.07. The lowest BCUT2D eigenvalue weighted by Gasteiger charge is -2.48. The molecule has 0 aromatic heterocycles. The van der Waals surface area contributed by atoms with E-state index in [0.717, 1.165) is 48.5 Å². The minimum Gasteiger partial charge on any atom is -0.463 e. The van der Waals surface area contributed by atoms with Gasteiger partial charge in [-0.2, -0.15) is 0 Å². The number of hydrogen-bond donors (Lipinski definition) is 0. The molecule has 2 aliphatic heterocycles. The van der Waals surface area contributed by atoms with Crippen molar-refractivity contribution >= 4 is 41.8 Å². The Balaban J connectivity index is 2.73. The second-order valence-corrected chi connectivity index (χ2v) is 9.89. The molecule has 0 aliphatic carbocycles. The largest absolute Gasteiger partial charge is 0.463 e. The van der Waals surface area contributed by atoms with Crippen molar-refractivity contribution in [2.75, 3.05) is 13.2 Å². The number of ether oxygens (including phenoxy) is 10. The fraction of sp³-hybridized carbons (Fsp3) is 0.731. The quantitative estimate of drug-likeness (QED) is 0.0870. The van der Waals surface area contributed by atoms with Crippen LogP contribution in [0.15, 0.2) is 5.11 Å². The summed E-state index contributed by atoms with van der Waals surface area (Å²) in [5, 5.41) is 3.46. The first-order valence-electron chi connectivity index (χ1n) is 13.7. The maximum Gasteiger partial charge on any atom is 0.303 e. The molecule has 0 radical (unpaired) electrons. The summed E-state index contributed by atoms with van der Waals surface area (Å²) in [5.41, 5.74) is 9.13. The predicted molar refractivity (Wildman–Crippen MR) is 142 cm³/mol. The zero-order chi connectivity index (χ0) is 34.7. The van der Waals surface area contributed by atoms with Crippen LogP contribution in [-0.2, 0) is 80.9 Å². The zero-order valence-electron chi connectivity index (χ0n) is 26.0. The molecule has 2 fully saturated rings. The molecule has 10 atom stereocenters. The molecule has 20 nitrogen and oxygen atoms in total. The van der Waals surface area contributed by atoms with Gasteiger partial charge in [-0.05, 0) is 5.53 Å². The van der Waals surface area contributed by atoms with Crippen molar-refractivity contribution in [3.8, 4) is 0 Å². The van der Waals surface area contributed by atoms with Crippen LogP contribution >= 0.6 is 0 Å². The van der Waals surface area contributed by atoms with E-state index < -0.39 is 116 Å². The summed E-state index contributed by atoms with van der Waals surface area (Å²) in [7, 11) is 0. The third-order valence-corrected chi connectivity index (χ3v) is 6.07. The number of azide groups is 1. The first-order valence-corrected chi connectivity index (χ1v) is 13.7. The fourth-order valence-corrected chi connectivity index (χ4v) is 4.63. The van der Waals surface area contributed by atoms with Gasteiger partial charge in [0, 0.05) is 53.4 Å². The minimum atomic E-state index is -1.82. The highest BCUT2D eigenvalue weighted by Crippen LogP contribution is 2.35. The number of hydrogen-bond acceptors (Lipinski definition) is 18. The first-order chi connectivity index (χ1) is 21.5. The third kappa shape index (κ3) is 11.1. The van der Waals surface area contributed by atoms with Gasteiger partial charge in [0.05, 0.1) is 0 Å². The van der Waals surface area contributed by atoms with Gasteiger partial charge in [0.25, 0.3) is 0 Å². The van der Waals surface area contributed by atoms with E-state index >= 15 is 0 Å². The lowest BCUT2D eigenvalue weighted by Crippen LogP contribution is -2.67. The first kappa shape index (κ1) is 37.7. The fourth-order valence-electron chi connectivity index (χ4n) is 4.63. The Morgan fingerprint density at radius 1 is 0.543 bits per heavy atom. The average Bonchev–Trinajstić information content (AvgIpc) is 2.91. The smallest absolute Gasteiger partial charge is 0.303 e. The second-order valence-electron chi connectivity index (χ2n) is 9.89. The van der Waals surface area contributed by atoms with Crippen molar-refractivity contribution in [3.05, 3.63) is 10.4 Å². The normalized spacial score (nSPS) is 30.3. The number of carbonyl (C=O) groups is 7. The Labute approximate surface area is 261 Å². The summed E-state index contributed by atoms with van der Waals surface area (Å²) in [4.78, 5) is 86.7. The van der Waals surface area contributed by atoms with E-state index in [1.807, 2.05) is 0 Å². The van der Waals surface area contributed by atoms with Crippen molar-refractivity contribution in [2.45, 2.75) is 110 Å². The summed E-state index contributed by atoms with van der Waals surface area (Å²) >= 11 is 0. The molecule has 2 heterocycles. The standard InChI is InChI=1S/C26H35N3O17/c1-10(30)37-8-17-20(21(40-13(4)33)23(42-15(6)35)25(44-17)28-29-27)46-26-24(43-16(7)36)22(41-14(5)34)19(39-12(3)32)18(45-26)9-38-11(2)31/h17-26H,8-9H2,1-7H3/t17?,18?,19-,20-,21+,22-,23?,24?,25+,26-/m0/s1. The summed E-state index contributed by atoms with van der Waals surface area (Å²) in [6.45, 7) is 6.05. The molecule has 256 valence electrons. The van der Waals surface area contributed by atoms with Gasteiger partial charge in [0.1, 0.15) is 31.5 Å². The number of rotatable bonds is 12. The van der Waals surface area contributed by atoms with Crippen LogP contribution in [0.2, 0.25) is 0 Å². The van der Waals surface area contributed by atoms with Crippen LogP contribution in [0.1, 0.15) is 48.5 Å². The van der Waals surface area contributed by atoms with Crippen LogP contribution < -0.4 is 0 Å². The molecule has 0 aromatic carbocycles. The highest BCUT2D eigenvalue weighted by molar-refractivity contribution is 5.69. The van der Waals surface area contributed by atoms with E-state index in [1.54, 1.807) is 0 Å². The van der Waals surface area contributed by atoms with Gasteiger partial charge < -0.3 is 47.4 Å². The maximum atomic E-state index is 12.2. The van der Waals surface area contributed by atoms with Crippen molar-refractivity contribution in [2.24, 2.45) is 5.11 Å². The number of nitrogens with zero attached hydrogens (tertiary/aromatic N) is 3. The Hall–Kier alpha value is -4.52. The van der Waals surface area contributed by atoms with Crippen LogP contribution in [0.5, 0.6) is 0 Å². The minimum absolute atomic E-state index is 0.585. The van der Waals surface area contributed by atoms with Crippen molar-refractivity contribution in [3.63, 3.8) is 0 Å². The molecule has 46 heavy (non-hydrogen) atoms. The van der Waals surface area contributed by atoms with Gasteiger partial charge >= 0.3 is 41.8 Å². The predicted octanol–water partition coefficient (Wildman–Crippen LogP) is -0.0836. The molecule has 20 heteroatoms. The summed E-state index contributed by atoms with van der Waals surface area (Å²) in [5.74, 6) is -6.10. The van der Waals surface area contributed by atoms with Crippen molar-refractivity contribution in [1.29, 1.82) is 0 Å². The van der Waals surface area contributed by atoms with Crippen molar-refractivity contribution < 1.29 is 80.9 Å². The van der Waals surface area contributed by atoms with E-state index in [9.17, 15) is 33.6 Å². The highest BCUT2D eigenvalue weighted by atomic mass is 16.8. The summed E-state index contributed by atoms with van der Waals surface area (Å²) in [6.07, 6.45) is -16.1. The second kappa shape index (κ2) is 17.2. The number of esters is 7. The molecule has 2 aliphatic rings. The van der Waals surface area contributed by atoms with Crippen LogP contribution in [-0.4, -0.2) is 116 Å². The zero-order valence-corrected chi connectivity index (χ0v) is 26.0. The topological polar surface area (TPSA) is 261 Å². The summed E-state index contributed by atoms with van der Waals surface area (Å²) in [6, 6.07) is 0.